The first-order valence-electron chi connectivity index (χ1n) is 6.84. The second-order valence-corrected chi connectivity index (χ2v) is 13.5. The quantitative estimate of drug-likeness (QED) is 0.366. The number of rotatable bonds is 1. The number of alkyl halides is 3. The predicted molar refractivity (Wildman–Crippen MR) is 83.0 cm³/mol. The highest BCUT2D eigenvalue weighted by molar-refractivity contribution is 9.39. The van der Waals surface area contributed by atoms with E-state index in [2.05, 4.69) is 59.9 Å². The van der Waals surface area contributed by atoms with E-state index in [0.29, 0.717) is 5.92 Å². The van der Waals surface area contributed by atoms with Crippen LogP contribution in [0.3, 0.4) is 0 Å². The first kappa shape index (κ1) is 12.8. The molecule has 4 heteroatoms. The fourth-order valence-corrected chi connectivity index (χ4v) is 7.54. The molecular formula is C14H17Br3O. The van der Waals surface area contributed by atoms with Gasteiger partial charge in [0.2, 0.25) is 0 Å². The smallest absolute Gasteiger partial charge is 0.143 e. The van der Waals surface area contributed by atoms with Crippen LogP contribution in [0.5, 0.6) is 0 Å². The number of fused-ring (bicyclic) bond motifs is 9. The summed E-state index contributed by atoms with van der Waals surface area (Å²) < 4.78 is -0.315. The van der Waals surface area contributed by atoms with E-state index in [-0.39, 0.29) is 14.2 Å². The molecule has 100 valence electrons. The van der Waals surface area contributed by atoms with Gasteiger partial charge in [-0.05, 0) is 54.8 Å². The number of halogens is 3. The monoisotopic (exact) mass is 438 g/mol. The number of allylic oxidation sites excluding steroid dienone is 2. The standard InChI is InChI=1S/C14H17Br3O/c15-14(16,17)13(6-18)5-9-4-10(13)12-8-2-1-7(3-8)11(9)12/h1-2,7-12,18H,3-6H2. The molecule has 3 fully saturated rings. The average molecular weight is 441 g/mol. The first-order valence-corrected chi connectivity index (χ1v) is 9.22. The van der Waals surface area contributed by atoms with E-state index in [4.69, 9.17) is 0 Å². The van der Waals surface area contributed by atoms with Crippen molar-refractivity contribution in [3.8, 4) is 0 Å². The highest BCUT2D eigenvalue weighted by Crippen LogP contribution is 2.74. The molecule has 0 heterocycles. The Morgan fingerprint density at radius 3 is 2.39 bits per heavy atom. The summed E-state index contributed by atoms with van der Waals surface area (Å²) in [6.07, 6.45) is 8.76. The summed E-state index contributed by atoms with van der Waals surface area (Å²) in [6.45, 7) is 0.264. The van der Waals surface area contributed by atoms with Crippen molar-refractivity contribution in [2.24, 2.45) is 40.9 Å². The average Bonchev–Trinajstić information content (AvgIpc) is 3.04. The number of aliphatic hydroxyl groups excluding tert-OH is 1. The molecule has 0 aromatic heterocycles. The molecule has 1 N–H and O–H groups in total. The van der Waals surface area contributed by atoms with Crippen LogP contribution >= 0.6 is 47.8 Å². The maximum Gasteiger partial charge on any atom is 0.143 e. The zero-order chi connectivity index (χ0) is 12.7. The van der Waals surface area contributed by atoms with Gasteiger partial charge in [0, 0.05) is 5.41 Å². The van der Waals surface area contributed by atoms with E-state index in [1.165, 1.54) is 12.8 Å². The molecule has 0 radical (unpaired) electrons. The van der Waals surface area contributed by atoms with Crippen LogP contribution < -0.4 is 0 Å². The molecular weight excluding hydrogens is 424 g/mol. The maximum absolute atomic E-state index is 10.1. The third kappa shape index (κ3) is 1.37. The SMILES string of the molecule is OCC1(C(Br)(Br)Br)CC2CC1C1C3C=CC(C3)C21. The third-order valence-electron chi connectivity index (χ3n) is 6.33. The van der Waals surface area contributed by atoms with Crippen molar-refractivity contribution in [2.45, 2.75) is 21.4 Å². The van der Waals surface area contributed by atoms with Crippen LogP contribution in [0.1, 0.15) is 19.3 Å². The minimum atomic E-state index is -0.315. The number of hydrogen-bond donors (Lipinski definition) is 1. The molecule has 0 aromatic carbocycles. The normalized spacial score (nSPS) is 56.4. The fraction of sp³-hybridized carbons (Fsp3) is 0.857. The van der Waals surface area contributed by atoms with Gasteiger partial charge in [0.05, 0.1) is 6.61 Å². The van der Waals surface area contributed by atoms with E-state index < -0.39 is 0 Å². The van der Waals surface area contributed by atoms with E-state index in [0.717, 1.165) is 36.0 Å². The Hall–Kier alpha value is 1.14. The van der Waals surface area contributed by atoms with Crippen LogP contribution in [0.15, 0.2) is 12.2 Å². The molecule has 7 unspecified atom stereocenters. The number of aliphatic hydroxyl groups is 1. The minimum Gasteiger partial charge on any atom is -0.396 e. The lowest BCUT2D eigenvalue weighted by Gasteiger charge is -2.48. The van der Waals surface area contributed by atoms with Gasteiger partial charge in [-0.2, -0.15) is 0 Å². The Morgan fingerprint density at radius 2 is 1.78 bits per heavy atom. The molecule has 1 nitrogen and oxygen atoms in total. The Balaban J connectivity index is 1.75. The van der Waals surface area contributed by atoms with Crippen molar-refractivity contribution in [1.29, 1.82) is 0 Å². The van der Waals surface area contributed by atoms with Crippen molar-refractivity contribution in [3.05, 3.63) is 12.2 Å². The third-order valence-corrected chi connectivity index (χ3v) is 8.70. The van der Waals surface area contributed by atoms with E-state index in [1.807, 2.05) is 0 Å². The largest absolute Gasteiger partial charge is 0.396 e. The minimum absolute atomic E-state index is 0.0445. The van der Waals surface area contributed by atoms with Gasteiger partial charge in [0.15, 0.2) is 0 Å². The van der Waals surface area contributed by atoms with Crippen LogP contribution in [0.25, 0.3) is 0 Å². The van der Waals surface area contributed by atoms with Crippen LogP contribution in [-0.2, 0) is 0 Å². The zero-order valence-corrected chi connectivity index (χ0v) is 14.8. The Morgan fingerprint density at radius 1 is 1.11 bits per heavy atom. The highest BCUT2D eigenvalue weighted by atomic mass is 80.0. The van der Waals surface area contributed by atoms with Crippen molar-refractivity contribution in [1.82, 2.24) is 0 Å². The second-order valence-electron chi connectivity index (χ2n) is 6.72. The van der Waals surface area contributed by atoms with Crippen LogP contribution in [0.4, 0.5) is 0 Å². The lowest BCUT2D eigenvalue weighted by molar-refractivity contribution is 0.0185. The van der Waals surface area contributed by atoms with Gasteiger partial charge >= 0.3 is 0 Å². The van der Waals surface area contributed by atoms with Gasteiger partial charge in [-0.1, -0.05) is 59.9 Å². The van der Waals surface area contributed by atoms with E-state index in [9.17, 15) is 5.11 Å². The summed E-state index contributed by atoms with van der Waals surface area (Å²) in [6, 6.07) is 0. The van der Waals surface area contributed by atoms with Crippen molar-refractivity contribution in [2.75, 3.05) is 6.61 Å². The first-order chi connectivity index (χ1) is 8.48. The Bertz CT molecular complexity index is 416. The molecule has 4 rings (SSSR count). The molecule has 3 saturated carbocycles. The lowest BCUT2D eigenvalue weighted by atomic mass is 9.63. The molecule has 0 saturated heterocycles. The summed E-state index contributed by atoms with van der Waals surface area (Å²) in [5.41, 5.74) is -0.0445. The number of hydrogen-bond acceptors (Lipinski definition) is 1. The predicted octanol–water partition coefficient (Wildman–Crippen LogP) is 4.28. The van der Waals surface area contributed by atoms with Crippen LogP contribution in [0, 0.1) is 40.9 Å². The van der Waals surface area contributed by atoms with Crippen molar-refractivity contribution < 1.29 is 5.11 Å². The Kier molecular flexibility index (Phi) is 2.76. The maximum atomic E-state index is 10.1. The molecule has 0 aromatic rings. The van der Waals surface area contributed by atoms with Gasteiger partial charge in [-0.25, -0.2) is 0 Å². The van der Waals surface area contributed by atoms with Gasteiger partial charge in [0.25, 0.3) is 0 Å². The van der Waals surface area contributed by atoms with Crippen molar-refractivity contribution >= 4 is 47.8 Å². The summed E-state index contributed by atoms with van der Waals surface area (Å²) in [5, 5.41) is 10.1. The molecule has 18 heavy (non-hydrogen) atoms. The topological polar surface area (TPSA) is 20.2 Å². The summed E-state index contributed by atoms with van der Waals surface area (Å²) in [7, 11) is 0. The highest BCUT2D eigenvalue weighted by Gasteiger charge is 2.69. The zero-order valence-electron chi connectivity index (χ0n) is 10.0. The molecule has 7 atom stereocenters. The van der Waals surface area contributed by atoms with E-state index >= 15 is 0 Å². The summed E-state index contributed by atoms with van der Waals surface area (Å²) in [5.74, 6) is 4.84. The van der Waals surface area contributed by atoms with Gasteiger partial charge in [0.1, 0.15) is 2.14 Å². The van der Waals surface area contributed by atoms with Gasteiger partial charge < -0.3 is 5.11 Å². The van der Waals surface area contributed by atoms with Crippen molar-refractivity contribution in [3.63, 3.8) is 0 Å². The van der Waals surface area contributed by atoms with Crippen LogP contribution in [0.2, 0.25) is 0 Å². The van der Waals surface area contributed by atoms with Gasteiger partial charge in [-0.15, -0.1) is 0 Å². The van der Waals surface area contributed by atoms with E-state index in [1.54, 1.807) is 0 Å². The fourth-order valence-electron chi connectivity index (χ4n) is 5.80. The molecule has 0 spiro atoms. The lowest BCUT2D eigenvalue weighted by Crippen LogP contribution is -2.48. The molecule has 4 aliphatic carbocycles. The summed E-state index contributed by atoms with van der Waals surface area (Å²) >= 11 is 11.2. The summed E-state index contributed by atoms with van der Waals surface area (Å²) in [4.78, 5) is 0. The molecule has 0 amide bonds. The molecule has 0 aliphatic heterocycles. The Labute approximate surface area is 133 Å². The molecule has 4 aliphatic rings. The molecule has 4 bridgehead atoms. The second kappa shape index (κ2) is 3.86. The van der Waals surface area contributed by atoms with Crippen LogP contribution in [-0.4, -0.2) is 13.9 Å². The van der Waals surface area contributed by atoms with Gasteiger partial charge in [-0.3, -0.25) is 0 Å².